The highest BCUT2D eigenvalue weighted by molar-refractivity contribution is 9.10. The number of carboxylic acid groups (broad SMARTS) is 1. The maximum Gasteiger partial charge on any atom is 0.337 e. The highest BCUT2D eigenvalue weighted by Gasteiger charge is 2.13. The van der Waals surface area contributed by atoms with Crippen LogP contribution in [0.2, 0.25) is 0 Å². The Labute approximate surface area is 83.7 Å². The Kier molecular flexibility index (Phi) is 2.69. The number of hydrogen-bond donors (Lipinski definition) is 1. The first kappa shape index (κ1) is 9.75. The fourth-order valence-corrected chi connectivity index (χ4v) is 1.40. The average Bonchev–Trinajstić information content (AvgIpc) is 2.09. The van der Waals surface area contributed by atoms with Gasteiger partial charge in [-0.25, -0.2) is 4.79 Å². The molecule has 0 amide bonds. The lowest BCUT2D eigenvalue weighted by Crippen LogP contribution is -2.01. The third-order valence-corrected chi connectivity index (χ3v) is 2.70. The Morgan fingerprint density at radius 1 is 1.62 bits per heavy atom. The molecule has 0 aliphatic heterocycles. The summed E-state index contributed by atoms with van der Waals surface area (Å²) in [5.74, 6) is -1.09. The number of nitriles is 1. The van der Waals surface area contributed by atoms with E-state index in [4.69, 9.17) is 10.4 Å². The molecule has 0 saturated carbocycles. The van der Waals surface area contributed by atoms with Gasteiger partial charge in [0.2, 0.25) is 0 Å². The highest BCUT2D eigenvalue weighted by Crippen LogP contribution is 2.23. The summed E-state index contributed by atoms with van der Waals surface area (Å²) in [6.45, 7) is 1.80. The van der Waals surface area contributed by atoms with Gasteiger partial charge in [-0.15, -0.1) is 0 Å². The Morgan fingerprint density at radius 2 is 2.23 bits per heavy atom. The Morgan fingerprint density at radius 3 is 2.69 bits per heavy atom. The van der Waals surface area contributed by atoms with Crippen LogP contribution >= 0.6 is 15.9 Å². The van der Waals surface area contributed by atoms with Crippen LogP contribution in [0.4, 0.5) is 0 Å². The normalized spacial score (nSPS) is 9.31. The molecule has 0 saturated heterocycles. The zero-order chi connectivity index (χ0) is 10.0. The second-order valence-electron chi connectivity index (χ2n) is 2.54. The van der Waals surface area contributed by atoms with Crippen molar-refractivity contribution < 1.29 is 9.90 Å². The van der Waals surface area contributed by atoms with Crippen molar-refractivity contribution >= 4 is 21.9 Å². The molecular weight excluding hydrogens is 234 g/mol. The van der Waals surface area contributed by atoms with Crippen LogP contribution < -0.4 is 0 Å². The van der Waals surface area contributed by atoms with Gasteiger partial charge >= 0.3 is 5.97 Å². The van der Waals surface area contributed by atoms with Crippen LogP contribution in [-0.4, -0.2) is 11.1 Å². The molecule has 1 aromatic carbocycles. The first-order valence-corrected chi connectivity index (χ1v) is 4.29. The van der Waals surface area contributed by atoms with Crippen molar-refractivity contribution in [3.63, 3.8) is 0 Å². The van der Waals surface area contributed by atoms with Gasteiger partial charge in [-0.05, 0) is 34.5 Å². The minimum atomic E-state index is -1.09. The molecule has 1 N–H and O–H groups in total. The molecule has 0 aliphatic carbocycles. The Balaban J connectivity index is 3.50. The summed E-state index contributed by atoms with van der Waals surface area (Å²) in [7, 11) is 0. The van der Waals surface area contributed by atoms with Gasteiger partial charge in [0.1, 0.15) is 6.07 Å². The van der Waals surface area contributed by atoms with Gasteiger partial charge in [-0.1, -0.05) is 6.07 Å². The predicted octanol–water partition coefficient (Wildman–Crippen LogP) is 2.33. The summed E-state index contributed by atoms with van der Waals surface area (Å²) in [6, 6.07) is 4.95. The van der Waals surface area contributed by atoms with E-state index in [2.05, 4.69) is 15.9 Å². The molecule has 4 heteroatoms. The predicted molar refractivity (Wildman–Crippen MR) is 50.6 cm³/mol. The number of carboxylic acids is 1. The molecule has 0 heterocycles. The summed E-state index contributed by atoms with van der Waals surface area (Å²) >= 11 is 3.17. The summed E-state index contributed by atoms with van der Waals surface area (Å²) in [4.78, 5) is 10.7. The summed E-state index contributed by atoms with van der Waals surface area (Å²) in [6.07, 6.45) is 0. The maximum absolute atomic E-state index is 10.7. The van der Waals surface area contributed by atoms with Gasteiger partial charge in [0.25, 0.3) is 0 Å². The van der Waals surface area contributed by atoms with Crippen LogP contribution in [0.1, 0.15) is 21.5 Å². The molecule has 66 valence electrons. The third kappa shape index (κ3) is 1.70. The lowest BCUT2D eigenvalue weighted by atomic mass is 10.1. The lowest BCUT2D eigenvalue weighted by Gasteiger charge is -2.03. The van der Waals surface area contributed by atoms with Crippen LogP contribution in [-0.2, 0) is 0 Å². The van der Waals surface area contributed by atoms with E-state index >= 15 is 0 Å². The fraction of sp³-hybridized carbons (Fsp3) is 0.111. The molecule has 0 aliphatic rings. The fourth-order valence-electron chi connectivity index (χ4n) is 0.968. The zero-order valence-electron chi connectivity index (χ0n) is 6.84. The van der Waals surface area contributed by atoms with Crippen LogP contribution in [0.25, 0.3) is 0 Å². The molecule has 0 fully saturated rings. The SMILES string of the molecule is Cc1ccc(C(=O)O)c(C#N)c1Br. The second-order valence-corrected chi connectivity index (χ2v) is 3.33. The van der Waals surface area contributed by atoms with Crippen molar-refractivity contribution in [2.45, 2.75) is 6.92 Å². The first-order valence-electron chi connectivity index (χ1n) is 3.50. The number of aryl methyl sites for hydroxylation is 1. The first-order chi connectivity index (χ1) is 6.07. The van der Waals surface area contributed by atoms with Gasteiger partial charge in [0.05, 0.1) is 11.1 Å². The van der Waals surface area contributed by atoms with Gasteiger partial charge < -0.3 is 5.11 Å². The van der Waals surface area contributed by atoms with Crippen molar-refractivity contribution in [2.24, 2.45) is 0 Å². The summed E-state index contributed by atoms with van der Waals surface area (Å²) in [5.41, 5.74) is 1.05. The van der Waals surface area contributed by atoms with Gasteiger partial charge in [-0.2, -0.15) is 5.26 Å². The van der Waals surface area contributed by atoms with E-state index in [1.807, 2.05) is 6.07 Å². The quantitative estimate of drug-likeness (QED) is 0.819. The van der Waals surface area contributed by atoms with E-state index in [0.29, 0.717) is 4.47 Å². The molecule has 1 rings (SSSR count). The topological polar surface area (TPSA) is 61.1 Å². The van der Waals surface area contributed by atoms with Crippen LogP contribution in [0.15, 0.2) is 16.6 Å². The number of nitrogens with zero attached hydrogens (tertiary/aromatic N) is 1. The second kappa shape index (κ2) is 3.58. The van der Waals surface area contributed by atoms with E-state index in [0.717, 1.165) is 5.56 Å². The van der Waals surface area contributed by atoms with Crippen molar-refractivity contribution in [3.05, 3.63) is 33.3 Å². The van der Waals surface area contributed by atoms with E-state index in [-0.39, 0.29) is 11.1 Å². The van der Waals surface area contributed by atoms with Crippen LogP contribution in [0.5, 0.6) is 0 Å². The van der Waals surface area contributed by atoms with Gasteiger partial charge in [0.15, 0.2) is 0 Å². The van der Waals surface area contributed by atoms with E-state index in [1.165, 1.54) is 6.07 Å². The number of rotatable bonds is 1. The van der Waals surface area contributed by atoms with Crippen LogP contribution in [0, 0.1) is 18.3 Å². The number of halogens is 1. The van der Waals surface area contributed by atoms with Crippen molar-refractivity contribution in [1.82, 2.24) is 0 Å². The summed E-state index contributed by atoms with van der Waals surface area (Å²) in [5, 5.41) is 17.5. The van der Waals surface area contributed by atoms with Crippen molar-refractivity contribution in [3.8, 4) is 6.07 Å². The smallest absolute Gasteiger partial charge is 0.337 e. The van der Waals surface area contributed by atoms with Crippen molar-refractivity contribution in [1.29, 1.82) is 5.26 Å². The molecule has 0 bridgehead atoms. The number of hydrogen-bond acceptors (Lipinski definition) is 2. The molecular formula is C9H6BrNO2. The lowest BCUT2D eigenvalue weighted by molar-refractivity contribution is 0.0696. The number of benzene rings is 1. The maximum atomic E-state index is 10.7. The molecule has 0 unspecified atom stereocenters. The number of carbonyl (C=O) groups is 1. The Bertz CT molecular complexity index is 407. The zero-order valence-corrected chi connectivity index (χ0v) is 8.42. The minimum Gasteiger partial charge on any atom is -0.478 e. The minimum absolute atomic E-state index is 0.0278. The highest BCUT2D eigenvalue weighted by atomic mass is 79.9. The monoisotopic (exact) mass is 239 g/mol. The van der Waals surface area contributed by atoms with Gasteiger partial charge in [-0.3, -0.25) is 0 Å². The Hall–Kier alpha value is -1.34. The molecule has 0 aromatic heterocycles. The molecule has 1 aromatic rings. The standard InChI is InChI=1S/C9H6BrNO2/c1-5-2-3-6(9(12)13)7(4-11)8(5)10/h2-3H,1H3,(H,12,13). The van der Waals surface area contributed by atoms with E-state index < -0.39 is 5.97 Å². The molecule has 0 radical (unpaired) electrons. The number of aromatic carboxylic acids is 1. The van der Waals surface area contributed by atoms with Crippen molar-refractivity contribution in [2.75, 3.05) is 0 Å². The van der Waals surface area contributed by atoms with E-state index in [9.17, 15) is 4.79 Å². The van der Waals surface area contributed by atoms with Crippen LogP contribution in [0.3, 0.4) is 0 Å². The van der Waals surface area contributed by atoms with E-state index in [1.54, 1.807) is 13.0 Å². The largest absolute Gasteiger partial charge is 0.478 e. The molecule has 13 heavy (non-hydrogen) atoms. The van der Waals surface area contributed by atoms with Gasteiger partial charge in [0, 0.05) is 4.47 Å². The molecule has 0 spiro atoms. The summed E-state index contributed by atoms with van der Waals surface area (Å²) < 4.78 is 0.551. The third-order valence-electron chi connectivity index (χ3n) is 1.68. The average molecular weight is 240 g/mol. The molecule has 3 nitrogen and oxygen atoms in total. The molecule has 0 atom stereocenters.